The first-order chi connectivity index (χ1) is 9.12. The fraction of sp³-hybridized carbons (Fsp3) is 0.462. The van der Waals surface area contributed by atoms with Crippen LogP contribution in [-0.2, 0) is 4.74 Å². The Morgan fingerprint density at radius 1 is 1.16 bits per heavy atom. The molecular weight excluding hydrogens is 250 g/mol. The van der Waals surface area contributed by atoms with Crippen LogP contribution in [0, 0.1) is 0 Å². The van der Waals surface area contributed by atoms with Crippen molar-refractivity contribution >= 4 is 6.09 Å². The third-order valence-electron chi connectivity index (χ3n) is 3.21. The van der Waals surface area contributed by atoms with Crippen molar-refractivity contribution < 1.29 is 23.7 Å². The maximum absolute atomic E-state index is 11.5. The zero-order chi connectivity index (χ0) is 14.0. The molecule has 1 unspecified atom stereocenters. The van der Waals surface area contributed by atoms with Crippen LogP contribution in [0.15, 0.2) is 12.1 Å². The molecule has 1 aromatic carbocycles. The van der Waals surface area contributed by atoms with Gasteiger partial charge in [0.1, 0.15) is 29.9 Å². The minimum atomic E-state index is -0.357. The van der Waals surface area contributed by atoms with Gasteiger partial charge < -0.3 is 23.8 Å². The summed E-state index contributed by atoms with van der Waals surface area (Å²) < 4.78 is 21.0. The van der Waals surface area contributed by atoms with Crippen molar-refractivity contribution in [1.82, 2.24) is 4.90 Å². The first kappa shape index (κ1) is 13.3. The molecule has 0 aliphatic carbocycles. The van der Waals surface area contributed by atoms with Gasteiger partial charge in [-0.15, -0.1) is 0 Å². The molecule has 6 nitrogen and oxygen atoms in total. The predicted molar refractivity (Wildman–Crippen MR) is 68.0 cm³/mol. The van der Waals surface area contributed by atoms with Gasteiger partial charge in [-0.1, -0.05) is 0 Å². The molecule has 1 atom stereocenters. The Hall–Kier alpha value is -2.11. The van der Waals surface area contributed by atoms with E-state index in [1.807, 2.05) is 0 Å². The SMILES string of the molecule is COc1cc(OC)c(C2COC(=O)N2C)c(OC)c1. The second-order valence-electron chi connectivity index (χ2n) is 4.15. The Morgan fingerprint density at radius 2 is 1.74 bits per heavy atom. The van der Waals surface area contributed by atoms with Gasteiger partial charge >= 0.3 is 6.09 Å². The number of benzene rings is 1. The highest BCUT2D eigenvalue weighted by Gasteiger charge is 2.35. The van der Waals surface area contributed by atoms with Crippen LogP contribution < -0.4 is 14.2 Å². The lowest BCUT2D eigenvalue weighted by atomic mass is 10.0. The van der Waals surface area contributed by atoms with E-state index in [1.165, 1.54) is 4.90 Å². The molecule has 1 aliphatic heterocycles. The van der Waals surface area contributed by atoms with Gasteiger partial charge in [0.2, 0.25) is 0 Å². The van der Waals surface area contributed by atoms with E-state index < -0.39 is 0 Å². The van der Waals surface area contributed by atoms with Gasteiger partial charge in [-0.2, -0.15) is 0 Å². The van der Waals surface area contributed by atoms with Crippen LogP contribution in [0.2, 0.25) is 0 Å². The third-order valence-corrected chi connectivity index (χ3v) is 3.21. The number of carbonyl (C=O) groups excluding carboxylic acids is 1. The highest BCUT2D eigenvalue weighted by atomic mass is 16.6. The number of hydrogen-bond acceptors (Lipinski definition) is 5. The Labute approximate surface area is 111 Å². The molecular formula is C13H17NO5. The van der Waals surface area contributed by atoms with Crippen molar-refractivity contribution in [1.29, 1.82) is 0 Å². The smallest absolute Gasteiger partial charge is 0.410 e. The molecule has 2 rings (SSSR count). The maximum Gasteiger partial charge on any atom is 0.410 e. The van der Waals surface area contributed by atoms with Gasteiger partial charge in [0.05, 0.1) is 26.9 Å². The van der Waals surface area contributed by atoms with Gasteiger partial charge in [0, 0.05) is 19.2 Å². The largest absolute Gasteiger partial charge is 0.496 e. The van der Waals surface area contributed by atoms with Crippen molar-refractivity contribution in [3.8, 4) is 17.2 Å². The Balaban J connectivity index is 2.51. The standard InChI is InChI=1S/C13H17NO5/c1-14-9(7-19-13(14)15)12-10(17-3)5-8(16-2)6-11(12)18-4/h5-6,9H,7H2,1-4H3. The van der Waals surface area contributed by atoms with E-state index in [2.05, 4.69) is 0 Å². The average molecular weight is 267 g/mol. The molecule has 1 heterocycles. The quantitative estimate of drug-likeness (QED) is 0.833. The number of nitrogens with zero attached hydrogens (tertiary/aromatic N) is 1. The van der Waals surface area contributed by atoms with Crippen LogP contribution in [0.4, 0.5) is 4.79 Å². The Bertz CT molecular complexity index is 463. The molecule has 6 heteroatoms. The van der Waals surface area contributed by atoms with Crippen LogP contribution >= 0.6 is 0 Å². The number of ether oxygens (including phenoxy) is 4. The Morgan fingerprint density at radius 3 is 2.11 bits per heavy atom. The minimum absolute atomic E-state index is 0.233. The molecule has 1 amide bonds. The summed E-state index contributed by atoms with van der Waals surface area (Å²) in [5, 5.41) is 0. The number of carbonyl (C=O) groups is 1. The van der Waals surface area contributed by atoms with E-state index in [9.17, 15) is 4.79 Å². The molecule has 0 spiro atoms. The molecule has 0 radical (unpaired) electrons. The van der Waals surface area contributed by atoms with E-state index in [4.69, 9.17) is 18.9 Å². The number of likely N-dealkylation sites (N-methyl/N-ethyl adjacent to an activating group) is 1. The molecule has 1 aromatic rings. The van der Waals surface area contributed by atoms with Gasteiger partial charge in [-0.05, 0) is 0 Å². The number of amides is 1. The summed E-state index contributed by atoms with van der Waals surface area (Å²) in [6, 6.07) is 3.28. The number of cyclic esters (lactones) is 1. The molecule has 0 bridgehead atoms. The Kier molecular flexibility index (Phi) is 3.69. The van der Waals surface area contributed by atoms with Crippen molar-refractivity contribution in [2.45, 2.75) is 6.04 Å². The van der Waals surface area contributed by atoms with E-state index in [-0.39, 0.29) is 18.7 Å². The fourth-order valence-electron chi connectivity index (χ4n) is 2.13. The third kappa shape index (κ3) is 2.25. The lowest BCUT2D eigenvalue weighted by Crippen LogP contribution is -2.23. The predicted octanol–water partition coefficient (Wildman–Crippen LogP) is 1.84. The molecule has 0 aromatic heterocycles. The highest BCUT2D eigenvalue weighted by Crippen LogP contribution is 2.41. The summed E-state index contributed by atoms with van der Waals surface area (Å²) in [5.74, 6) is 1.84. The monoisotopic (exact) mass is 267 g/mol. The van der Waals surface area contributed by atoms with E-state index in [1.54, 1.807) is 40.5 Å². The zero-order valence-electron chi connectivity index (χ0n) is 11.4. The lowest BCUT2D eigenvalue weighted by Gasteiger charge is -2.22. The lowest BCUT2D eigenvalue weighted by molar-refractivity contribution is 0.163. The molecule has 1 aliphatic rings. The molecule has 1 saturated heterocycles. The molecule has 0 saturated carbocycles. The average Bonchev–Trinajstić information content (AvgIpc) is 2.77. The van der Waals surface area contributed by atoms with Gasteiger partial charge in [0.25, 0.3) is 0 Å². The summed E-state index contributed by atoms with van der Waals surface area (Å²) in [4.78, 5) is 13.0. The van der Waals surface area contributed by atoms with Gasteiger partial charge in [-0.25, -0.2) is 4.79 Å². The van der Waals surface area contributed by atoms with E-state index in [0.717, 1.165) is 5.56 Å². The summed E-state index contributed by atoms with van der Waals surface area (Å²) in [6.07, 6.45) is -0.357. The molecule has 0 N–H and O–H groups in total. The molecule has 19 heavy (non-hydrogen) atoms. The first-order valence-corrected chi connectivity index (χ1v) is 5.81. The van der Waals surface area contributed by atoms with Crippen LogP contribution in [0.1, 0.15) is 11.6 Å². The van der Waals surface area contributed by atoms with Crippen LogP contribution in [0.5, 0.6) is 17.2 Å². The summed E-state index contributed by atoms with van der Waals surface area (Å²) >= 11 is 0. The number of hydrogen-bond donors (Lipinski definition) is 0. The zero-order valence-corrected chi connectivity index (χ0v) is 11.4. The van der Waals surface area contributed by atoms with Gasteiger partial charge in [-0.3, -0.25) is 0 Å². The maximum atomic E-state index is 11.5. The van der Waals surface area contributed by atoms with Crippen molar-refractivity contribution in [2.24, 2.45) is 0 Å². The second-order valence-corrected chi connectivity index (χ2v) is 4.15. The van der Waals surface area contributed by atoms with Crippen LogP contribution in [-0.4, -0.2) is 46.0 Å². The highest BCUT2D eigenvalue weighted by molar-refractivity contribution is 5.71. The fourth-order valence-corrected chi connectivity index (χ4v) is 2.13. The second kappa shape index (κ2) is 5.26. The van der Waals surface area contributed by atoms with Crippen molar-refractivity contribution in [2.75, 3.05) is 35.0 Å². The summed E-state index contributed by atoms with van der Waals surface area (Å²) in [6.45, 7) is 0.272. The van der Waals surface area contributed by atoms with Crippen molar-refractivity contribution in [3.63, 3.8) is 0 Å². The number of rotatable bonds is 4. The van der Waals surface area contributed by atoms with Crippen molar-refractivity contribution in [3.05, 3.63) is 17.7 Å². The molecule has 1 fully saturated rings. The van der Waals surface area contributed by atoms with Crippen LogP contribution in [0.3, 0.4) is 0 Å². The molecule has 104 valence electrons. The summed E-state index contributed by atoms with van der Waals surface area (Å²) in [5.41, 5.74) is 0.777. The number of methoxy groups -OCH3 is 3. The van der Waals surface area contributed by atoms with Crippen LogP contribution in [0.25, 0.3) is 0 Å². The van der Waals surface area contributed by atoms with E-state index in [0.29, 0.717) is 17.2 Å². The minimum Gasteiger partial charge on any atom is -0.496 e. The first-order valence-electron chi connectivity index (χ1n) is 5.81. The summed E-state index contributed by atoms with van der Waals surface area (Å²) in [7, 11) is 6.38. The van der Waals surface area contributed by atoms with E-state index >= 15 is 0 Å². The normalized spacial score (nSPS) is 18.2. The van der Waals surface area contributed by atoms with Gasteiger partial charge in [0.15, 0.2) is 0 Å². The topological polar surface area (TPSA) is 57.2 Å².